The number of amides is 1. The van der Waals surface area contributed by atoms with Crippen LogP contribution in [0.5, 0.6) is 0 Å². The molecule has 1 atom stereocenters. The Bertz CT molecular complexity index is 1390. The minimum Gasteiger partial charge on any atom is -0.385 e. The molecule has 4 aromatic rings. The van der Waals surface area contributed by atoms with Gasteiger partial charge in [-0.05, 0) is 44.4 Å². The number of rotatable bonds is 4. The van der Waals surface area contributed by atoms with E-state index in [9.17, 15) is 4.79 Å². The van der Waals surface area contributed by atoms with Crippen LogP contribution in [0.3, 0.4) is 0 Å². The second-order valence-corrected chi connectivity index (χ2v) is 8.74. The zero-order valence-corrected chi connectivity index (χ0v) is 18.6. The predicted octanol–water partition coefficient (Wildman–Crippen LogP) is 3.72. The van der Waals surface area contributed by atoms with Gasteiger partial charge in [0.25, 0.3) is 5.91 Å². The number of fused-ring (bicyclic) bond motifs is 2. The molecule has 0 unspecified atom stereocenters. The molecule has 32 heavy (non-hydrogen) atoms. The van der Waals surface area contributed by atoms with Gasteiger partial charge in [-0.25, -0.2) is 0 Å². The minimum atomic E-state index is -0.353. The van der Waals surface area contributed by atoms with Gasteiger partial charge in [-0.15, -0.1) is 15.3 Å². The number of hydrogen-bond donors (Lipinski definition) is 1. The molecule has 1 saturated carbocycles. The number of anilines is 2. The first-order valence-corrected chi connectivity index (χ1v) is 10.9. The SMILES string of the molecule is CNc1cc(N2C(=O)c3c(c(C)nn3C3CC3)[C@@H]2c2ccc(Cl)cc2)nn2c(C)nnc12. The van der Waals surface area contributed by atoms with Crippen LogP contribution in [0.4, 0.5) is 11.5 Å². The average Bonchev–Trinajstić information content (AvgIpc) is 3.40. The maximum atomic E-state index is 13.9. The van der Waals surface area contributed by atoms with E-state index >= 15 is 0 Å². The number of aromatic nitrogens is 6. The van der Waals surface area contributed by atoms with Crippen molar-refractivity contribution in [1.29, 1.82) is 0 Å². The van der Waals surface area contributed by atoms with Crippen LogP contribution in [0.1, 0.15) is 58.1 Å². The lowest BCUT2D eigenvalue weighted by Crippen LogP contribution is -2.31. The van der Waals surface area contributed by atoms with E-state index in [1.807, 2.05) is 55.9 Å². The summed E-state index contributed by atoms with van der Waals surface area (Å²) in [7, 11) is 1.81. The molecule has 0 spiro atoms. The van der Waals surface area contributed by atoms with Crippen molar-refractivity contribution in [2.45, 2.75) is 38.8 Å². The summed E-state index contributed by atoms with van der Waals surface area (Å²) in [6.45, 7) is 3.81. The van der Waals surface area contributed by atoms with Crippen LogP contribution < -0.4 is 10.2 Å². The molecule has 1 aromatic carbocycles. The van der Waals surface area contributed by atoms with Crippen molar-refractivity contribution < 1.29 is 4.79 Å². The Kier molecular flexibility index (Phi) is 4.07. The van der Waals surface area contributed by atoms with Crippen LogP contribution in [0.2, 0.25) is 5.02 Å². The summed E-state index contributed by atoms with van der Waals surface area (Å²) in [5.41, 5.74) is 4.75. The van der Waals surface area contributed by atoms with Crippen molar-refractivity contribution in [3.8, 4) is 0 Å². The lowest BCUT2D eigenvalue weighted by atomic mass is 9.99. The van der Waals surface area contributed by atoms with Crippen LogP contribution >= 0.6 is 11.6 Å². The largest absolute Gasteiger partial charge is 0.385 e. The third kappa shape index (κ3) is 2.67. The van der Waals surface area contributed by atoms with Crippen molar-refractivity contribution >= 4 is 34.7 Å². The fourth-order valence-electron chi connectivity index (χ4n) is 4.51. The zero-order chi connectivity index (χ0) is 22.1. The number of carbonyl (C=O) groups excluding carboxylic acids is 1. The Morgan fingerprint density at radius 2 is 1.84 bits per heavy atom. The summed E-state index contributed by atoms with van der Waals surface area (Å²) < 4.78 is 3.58. The highest BCUT2D eigenvalue weighted by Gasteiger charge is 2.46. The molecule has 4 heterocycles. The average molecular weight is 449 g/mol. The molecule has 10 heteroatoms. The van der Waals surface area contributed by atoms with Crippen molar-refractivity contribution in [2.24, 2.45) is 0 Å². The number of carbonyl (C=O) groups is 1. The van der Waals surface area contributed by atoms with E-state index in [0.29, 0.717) is 28.0 Å². The normalized spacial score (nSPS) is 17.9. The predicted molar refractivity (Wildman–Crippen MR) is 120 cm³/mol. The summed E-state index contributed by atoms with van der Waals surface area (Å²) in [5.74, 6) is 1.06. The lowest BCUT2D eigenvalue weighted by Gasteiger charge is -2.26. The van der Waals surface area contributed by atoms with E-state index in [0.717, 1.165) is 35.3 Å². The zero-order valence-electron chi connectivity index (χ0n) is 17.9. The number of halogens is 1. The Labute approximate surface area is 189 Å². The number of nitrogens with zero attached hydrogens (tertiary/aromatic N) is 7. The van der Waals surface area contributed by atoms with E-state index in [1.165, 1.54) is 0 Å². The molecule has 3 aromatic heterocycles. The summed E-state index contributed by atoms with van der Waals surface area (Å²) in [4.78, 5) is 15.7. The molecule has 2 aliphatic rings. The van der Waals surface area contributed by atoms with E-state index in [-0.39, 0.29) is 18.0 Å². The highest BCUT2D eigenvalue weighted by atomic mass is 35.5. The molecule has 1 fully saturated rings. The molecule has 1 aliphatic carbocycles. The van der Waals surface area contributed by atoms with Crippen molar-refractivity contribution in [3.63, 3.8) is 0 Å². The van der Waals surface area contributed by atoms with Crippen molar-refractivity contribution in [2.75, 3.05) is 17.3 Å². The van der Waals surface area contributed by atoms with Crippen LogP contribution in [0.25, 0.3) is 5.65 Å². The second kappa shape index (κ2) is 6.77. The standard InChI is InChI=1S/C22H21ClN8O/c1-11-18-19(13-4-6-14(23)7-5-13)29(22(32)20(18)31(27-11)15-8-9-15)17-10-16(24-3)21-26-25-12(2)30(21)28-17/h4-7,10,15,19,24H,8-9H2,1-3H3/t19-/m0/s1. The fourth-order valence-corrected chi connectivity index (χ4v) is 4.64. The topological polar surface area (TPSA) is 93.2 Å². The molecule has 9 nitrogen and oxygen atoms in total. The van der Waals surface area contributed by atoms with E-state index in [2.05, 4.69) is 15.5 Å². The molecular weight excluding hydrogens is 428 g/mol. The van der Waals surface area contributed by atoms with Gasteiger partial charge < -0.3 is 5.32 Å². The van der Waals surface area contributed by atoms with Crippen molar-refractivity contribution in [3.05, 3.63) is 63.7 Å². The molecule has 162 valence electrons. The number of benzene rings is 1. The van der Waals surface area contributed by atoms with E-state index in [4.69, 9.17) is 21.8 Å². The van der Waals surface area contributed by atoms with Gasteiger partial charge in [0.2, 0.25) is 5.65 Å². The monoisotopic (exact) mass is 448 g/mol. The molecule has 1 aliphatic heterocycles. The van der Waals surface area contributed by atoms with Gasteiger partial charge in [0, 0.05) is 23.7 Å². The maximum Gasteiger partial charge on any atom is 0.279 e. The first kappa shape index (κ1) is 19.2. The molecule has 1 amide bonds. The minimum absolute atomic E-state index is 0.105. The molecule has 1 N–H and O–H groups in total. The van der Waals surface area contributed by atoms with Gasteiger partial charge in [-0.1, -0.05) is 23.7 Å². The summed E-state index contributed by atoms with van der Waals surface area (Å²) in [6, 6.07) is 9.38. The number of aryl methyl sites for hydroxylation is 2. The summed E-state index contributed by atoms with van der Waals surface area (Å²) >= 11 is 6.16. The van der Waals surface area contributed by atoms with Crippen LogP contribution in [0, 0.1) is 13.8 Å². The summed E-state index contributed by atoms with van der Waals surface area (Å²) in [5, 5.41) is 21.6. The van der Waals surface area contributed by atoms with Crippen LogP contribution in [-0.2, 0) is 0 Å². The smallest absolute Gasteiger partial charge is 0.279 e. The molecule has 0 bridgehead atoms. The third-order valence-corrected chi connectivity index (χ3v) is 6.44. The molecule has 6 rings (SSSR count). The van der Waals surface area contributed by atoms with Gasteiger partial charge in [0.05, 0.1) is 23.5 Å². The first-order chi connectivity index (χ1) is 15.5. The van der Waals surface area contributed by atoms with E-state index in [1.54, 1.807) is 9.42 Å². The highest BCUT2D eigenvalue weighted by molar-refractivity contribution is 6.30. The first-order valence-electron chi connectivity index (χ1n) is 10.6. The van der Waals surface area contributed by atoms with Gasteiger partial charge in [0.1, 0.15) is 5.69 Å². The van der Waals surface area contributed by atoms with Gasteiger partial charge in [-0.2, -0.15) is 9.61 Å². The Morgan fingerprint density at radius 1 is 1.09 bits per heavy atom. The van der Waals surface area contributed by atoms with Crippen LogP contribution in [-0.4, -0.2) is 42.5 Å². The highest BCUT2D eigenvalue weighted by Crippen LogP contribution is 2.46. The maximum absolute atomic E-state index is 13.9. The van der Waals surface area contributed by atoms with Gasteiger partial charge in [-0.3, -0.25) is 14.4 Å². The molecular formula is C22H21ClN8O. The fraction of sp³-hybridized carbons (Fsp3) is 0.318. The lowest BCUT2D eigenvalue weighted by molar-refractivity contribution is 0.0982. The number of nitrogens with one attached hydrogen (secondary N) is 1. The second-order valence-electron chi connectivity index (χ2n) is 8.30. The Balaban J connectivity index is 1.60. The van der Waals surface area contributed by atoms with Gasteiger partial charge >= 0.3 is 0 Å². The van der Waals surface area contributed by atoms with Crippen molar-refractivity contribution in [1.82, 2.24) is 29.6 Å². The quantitative estimate of drug-likeness (QED) is 0.511. The molecule has 0 saturated heterocycles. The van der Waals surface area contributed by atoms with Gasteiger partial charge in [0.15, 0.2) is 11.6 Å². The van der Waals surface area contributed by atoms with Crippen LogP contribution in [0.15, 0.2) is 30.3 Å². The number of hydrogen-bond acceptors (Lipinski definition) is 6. The Hall–Kier alpha value is -3.46. The third-order valence-electron chi connectivity index (χ3n) is 6.19. The van der Waals surface area contributed by atoms with E-state index < -0.39 is 0 Å². The molecule has 0 radical (unpaired) electrons. The Morgan fingerprint density at radius 3 is 2.53 bits per heavy atom. The summed E-state index contributed by atoms with van der Waals surface area (Å²) in [6.07, 6.45) is 2.08.